The Labute approximate surface area is 177 Å². The van der Waals surface area contributed by atoms with Gasteiger partial charge in [-0.25, -0.2) is 8.42 Å². The minimum Gasteiger partial charge on any atom is -0.212 e. The van der Waals surface area contributed by atoms with Gasteiger partial charge < -0.3 is 0 Å². The number of hydrogen-bond acceptors (Lipinski definition) is 3. The Morgan fingerprint density at radius 2 is 1.21 bits per heavy atom. The van der Waals surface area contributed by atoms with Crippen molar-refractivity contribution in [1.29, 1.82) is 0 Å². The van der Waals surface area contributed by atoms with Crippen LogP contribution in [0.4, 0.5) is 0 Å². The molecule has 1 aliphatic rings. The zero-order valence-corrected chi connectivity index (χ0v) is 17.9. The lowest BCUT2D eigenvalue weighted by atomic mass is 9.84. The molecule has 0 unspecified atom stereocenters. The van der Waals surface area contributed by atoms with E-state index in [2.05, 4.69) is 72.8 Å². The first-order chi connectivity index (χ1) is 14.0. The molecule has 1 heterocycles. The van der Waals surface area contributed by atoms with Crippen molar-refractivity contribution in [3.63, 3.8) is 0 Å². The molecule has 1 saturated heterocycles. The molecule has 0 aliphatic carbocycles. The van der Waals surface area contributed by atoms with Gasteiger partial charge >= 0.3 is 0 Å². The maximum atomic E-state index is 12.0. The maximum absolute atomic E-state index is 12.0. The van der Waals surface area contributed by atoms with E-state index in [1.807, 2.05) is 36.5 Å². The summed E-state index contributed by atoms with van der Waals surface area (Å²) in [6, 6.07) is 31.5. The summed E-state index contributed by atoms with van der Waals surface area (Å²) in [6.45, 7) is 2.32. The highest BCUT2D eigenvalue weighted by Crippen LogP contribution is 2.51. The fraction of sp³-hybridized carbons (Fsp3) is 0.208. The second-order valence-electron chi connectivity index (χ2n) is 7.27. The largest absolute Gasteiger partial charge is 0.212 e. The first-order valence-corrected chi connectivity index (χ1v) is 12.4. The predicted octanol–water partition coefficient (Wildman–Crippen LogP) is 4.91. The molecule has 29 heavy (non-hydrogen) atoms. The van der Waals surface area contributed by atoms with E-state index in [9.17, 15) is 8.42 Å². The van der Waals surface area contributed by atoms with Gasteiger partial charge in [-0.05, 0) is 23.1 Å². The van der Waals surface area contributed by atoms with Crippen LogP contribution in [0.25, 0.3) is 0 Å². The van der Waals surface area contributed by atoms with Crippen LogP contribution < -0.4 is 0 Å². The van der Waals surface area contributed by atoms with Crippen molar-refractivity contribution >= 4 is 21.8 Å². The Hall–Kier alpha value is -2.08. The van der Waals surface area contributed by atoms with E-state index in [-0.39, 0.29) is 5.25 Å². The summed E-state index contributed by atoms with van der Waals surface area (Å²) in [7, 11) is -3.22. The molecule has 3 nitrogen and oxygen atoms in total. The number of hydrogen-bond donors (Lipinski definition) is 0. The van der Waals surface area contributed by atoms with E-state index in [1.54, 1.807) is 0 Å². The van der Waals surface area contributed by atoms with Gasteiger partial charge in [0.1, 0.15) is 0 Å². The molecule has 1 radical (unpaired) electrons. The van der Waals surface area contributed by atoms with Gasteiger partial charge in [-0.2, -0.15) is 4.31 Å². The van der Waals surface area contributed by atoms with Crippen molar-refractivity contribution in [3.05, 3.63) is 114 Å². The number of nitrogens with zero attached hydrogens (tertiary/aromatic N) is 1. The lowest BCUT2D eigenvalue weighted by Crippen LogP contribution is -2.31. The molecule has 0 spiro atoms. The third-order valence-corrected chi connectivity index (χ3v) is 8.15. The van der Waals surface area contributed by atoms with E-state index < -0.39 is 14.8 Å². The molecule has 1 aliphatic heterocycles. The second-order valence-corrected chi connectivity index (χ2v) is 10.7. The topological polar surface area (TPSA) is 37.4 Å². The van der Waals surface area contributed by atoms with Gasteiger partial charge in [-0.3, -0.25) is 0 Å². The Morgan fingerprint density at radius 1 is 0.793 bits per heavy atom. The summed E-state index contributed by atoms with van der Waals surface area (Å²) < 4.78 is 25.1. The summed E-state index contributed by atoms with van der Waals surface area (Å²) in [5, 5.41) is 0.158. The van der Waals surface area contributed by atoms with Crippen LogP contribution in [0.1, 0.15) is 23.1 Å². The van der Waals surface area contributed by atoms with Gasteiger partial charge in [-0.1, -0.05) is 91.0 Å². The normalized spacial score (nSPS) is 18.0. The van der Waals surface area contributed by atoms with E-state index in [1.165, 1.54) is 27.3 Å². The van der Waals surface area contributed by atoms with E-state index in [4.69, 9.17) is 0 Å². The fourth-order valence-electron chi connectivity index (χ4n) is 3.91. The molecule has 0 N–H and O–H groups in total. The van der Waals surface area contributed by atoms with Crippen LogP contribution in [0.2, 0.25) is 0 Å². The van der Waals surface area contributed by atoms with Gasteiger partial charge in [0.05, 0.1) is 11.0 Å². The number of rotatable bonds is 6. The highest BCUT2D eigenvalue weighted by Gasteiger charge is 2.42. The van der Waals surface area contributed by atoms with Crippen molar-refractivity contribution in [1.82, 2.24) is 4.31 Å². The fourth-order valence-corrected chi connectivity index (χ4v) is 6.55. The molecule has 3 aromatic carbocycles. The van der Waals surface area contributed by atoms with Crippen LogP contribution in [-0.2, 0) is 14.8 Å². The van der Waals surface area contributed by atoms with E-state index in [0.29, 0.717) is 6.54 Å². The lowest BCUT2D eigenvalue weighted by molar-refractivity contribution is 0.514. The molecule has 149 valence electrons. The molecule has 0 aromatic heterocycles. The van der Waals surface area contributed by atoms with Gasteiger partial charge in [-0.15, -0.1) is 11.8 Å². The van der Waals surface area contributed by atoms with Crippen LogP contribution >= 0.6 is 11.8 Å². The van der Waals surface area contributed by atoms with E-state index >= 15 is 0 Å². The van der Waals surface area contributed by atoms with Crippen molar-refractivity contribution in [2.45, 2.75) is 16.4 Å². The molecular formula is C24H24NO2S2. The Morgan fingerprint density at radius 3 is 1.55 bits per heavy atom. The van der Waals surface area contributed by atoms with Crippen LogP contribution in [-0.4, -0.2) is 30.8 Å². The highest BCUT2D eigenvalue weighted by atomic mass is 32.2. The van der Waals surface area contributed by atoms with Crippen molar-refractivity contribution in [3.8, 4) is 0 Å². The smallest absolute Gasteiger partial charge is 0.211 e. The van der Waals surface area contributed by atoms with Gasteiger partial charge in [0, 0.05) is 18.3 Å². The highest BCUT2D eigenvalue weighted by molar-refractivity contribution is 8.01. The molecule has 0 amide bonds. The maximum Gasteiger partial charge on any atom is 0.211 e. The van der Waals surface area contributed by atoms with Crippen LogP contribution in [0.3, 0.4) is 0 Å². The zero-order chi connectivity index (χ0) is 20.3. The summed E-state index contributed by atoms with van der Waals surface area (Å²) in [5.41, 5.74) is 3.58. The van der Waals surface area contributed by atoms with Gasteiger partial charge in [0.2, 0.25) is 10.0 Å². The first kappa shape index (κ1) is 20.2. The molecule has 3 aromatic rings. The molecule has 4 rings (SSSR count). The summed E-state index contributed by atoms with van der Waals surface area (Å²) in [6.07, 6.45) is 2.00. The average Bonchev–Trinajstić information content (AvgIpc) is 3.23. The van der Waals surface area contributed by atoms with Crippen LogP contribution in [0, 0.1) is 6.54 Å². The van der Waals surface area contributed by atoms with Gasteiger partial charge in [0.25, 0.3) is 0 Å². The standard InChI is InChI=1S/C24H24NO2S2/c1-29(26,27)25-18-17-23(19-25)28-24(20-11-5-2-6-12-20,21-13-7-3-8-14-21)22-15-9-4-10-16-22/h2-16,18,23H,17,19H2,1H3/t23-/m0/s1. The van der Waals surface area contributed by atoms with Crippen LogP contribution in [0.5, 0.6) is 0 Å². The van der Waals surface area contributed by atoms with E-state index in [0.717, 1.165) is 6.42 Å². The minimum atomic E-state index is -3.22. The first-order valence-electron chi connectivity index (χ1n) is 9.65. The van der Waals surface area contributed by atoms with Crippen molar-refractivity contribution in [2.75, 3.05) is 12.8 Å². The predicted molar refractivity (Wildman–Crippen MR) is 121 cm³/mol. The number of benzene rings is 3. The summed E-state index contributed by atoms with van der Waals surface area (Å²) >= 11 is 1.84. The van der Waals surface area contributed by atoms with Crippen molar-refractivity contribution in [2.24, 2.45) is 0 Å². The Balaban J connectivity index is 1.85. The average molecular weight is 423 g/mol. The quantitative estimate of drug-likeness (QED) is 0.530. The molecule has 1 fully saturated rings. The lowest BCUT2D eigenvalue weighted by Gasteiger charge is -2.37. The SMILES string of the molecule is CS(=O)(=O)N1[CH]C[C@H](SC(c2ccccc2)(c2ccccc2)c2ccccc2)C1. The third kappa shape index (κ3) is 4.13. The Kier molecular flexibility index (Phi) is 5.81. The number of sulfonamides is 1. The van der Waals surface area contributed by atoms with Crippen LogP contribution in [0.15, 0.2) is 91.0 Å². The molecule has 1 atom stereocenters. The Bertz CT molecular complexity index is 941. The monoisotopic (exact) mass is 422 g/mol. The summed E-state index contributed by atoms with van der Waals surface area (Å²) in [5.74, 6) is 0. The molecule has 0 saturated carbocycles. The minimum absolute atomic E-state index is 0.158. The number of thioether (sulfide) groups is 1. The molecule has 0 bridgehead atoms. The molecular weight excluding hydrogens is 398 g/mol. The molecule has 5 heteroatoms. The summed E-state index contributed by atoms with van der Waals surface area (Å²) in [4.78, 5) is 0. The third-order valence-electron chi connectivity index (χ3n) is 5.27. The zero-order valence-electron chi connectivity index (χ0n) is 16.3. The van der Waals surface area contributed by atoms with Crippen molar-refractivity contribution < 1.29 is 8.42 Å². The van der Waals surface area contributed by atoms with Gasteiger partial charge in [0.15, 0.2) is 0 Å². The second kappa shape index (κ2) is 8.34.